The highest BCUT2D eigenvalue weighted by Crippen LogP contribution is 2.22. The summed E-state index contributed by atoms with van der Waals surface area (Å²) in [5, 5.41) is 17.1. The standard InChI is InChI=1S/C13H15N3O4/c17-13(18)9-4-1-2-6-16(9)8-11-14-15-12(20-11)10-5-3-7-19-10/h3,5,7,9H,1-2,4,6,8H2,(H,17,18). The van der Waals surface area contributed by atoms with Crippen molar-refractivity contribution in [2.45, 2.75) is 31.8 Å². The molecule has 1 unspecified atom stereocenters. The molecule has 1 N–H and O–H groups in total. The Morgan fingerprint density at radius 3 is 3.10 bits per heavy atom. The monoisotopic (exact) mass is 277 g/mol. The number of aromatic nitrogens is 2. The van der Waals surface area contributed by atoms with E-state index < -0.39 is 12.0 Å². The van der Waals surface area contributed by atoms with Gasteiger partial charge in [-0.05, 0) is 31.5 Å². The molecule has 1 aliphatic heterocycles. The van der Waals surface area contributed by atoms with Crippen molar-refractivity contribution >= 4 is 5.97 Å². The molecule has 2 aromatic rings. The Morgan fingerprint density at radius 2 is 2.35 bits per heavy atom. The number of furan rings is 1. The van der Waals surface area contributed by atoms with E-state index in [9.17, 15) is 9.90 Å². The summed E-state index contributed by atoms with van der Waals surface area (Å²) in [5.74, 6) is 0.436. The number of hydrogen-bond acceptors (Lipinski definition) is 6. The highest BCUT2D eigenvalue weighted by Gasteiger charge is 2.29. The van der Waals surface area contributed by atoms with Crippen molar-refractivity contribution in [3.63, 3.8) is 0 Å². The molecule has 0 aliphatic carbocycles. The van der Waals surface area contributed by atoms with Gasteiger partial charge in [-0.3, -0.25) is 9.69 Å². The summed E-state index contributed by atoms with van der Waals surface area (Å²) in [5.41, 5.74) is 0. The maximum absolute atomic E-state index is 11.2. The van der Waals surface area contributed by atoms with Gasteiger partial charge >= 0.3 is 5.97 Å². The largest absolute Gasteiger partial charge is 0.480 e. The van der Waals surface area contributed by atoms with Gasteiger partial charge in [-0.15, -0.1) is 10.2 Å². The molecule has 3 rings (SSSR count). The van der Waals surface area contributed by atoms with Crippen molar-refractivity contribution in [1.29, 1.82) is 0 Å². The first-order chi connectivity index (χ1) is 9.74. The van der Waals surface area contributed by atoms with Gasteiger partial charge in [0, 0.05) is 0 Å². The van der Waals surface area contributed by atoms with Crippen LogP contribution in [0.15, 0.2) is 27.2 Å². The highest BCUT2D eigenvalue weighted by atomic mass is 16.4. The van der Waals surface area contributed by atoms with Gasteiger partial charge in [0.15, 0.2) is 5.76 Å². The second kappa shape index (κ2) is 5.46. The number of piperidine rings is 1. The first kappa shape index (κ1) is 12.9. The third-order valence-electron chi connectivity index (χ3n) is 3.44. The Hall–Kier alpha value is -2.15. The maximum Gasteiger partial charge on any atom is 0.320 e. The SMILES string of the molecule is O=C(O)C1CCCCN1Cc1nnc(-c2ccco2)o1. The van der Waals surface area contributed by atoms with E-state index in [0.29, 0.717) is 30.5 Å². The molecule has 106 valence electrons. The van der Waals surface area contributed by atoms with Crippen LogP contribution in [-0.2, 0) is 11.3 Å². The first-order valence-corrected chi connectivity index (χ1v) is 6.57. The lowest BCUT2D eigenvalue weighted by Crippen LogP contribution is -2.44. The van der Waals surface area contributed by atoms with Crippen LogP contribution in [-0.4, -0.2) is 38.8 Å². The third kappa shape index (κ3) is 2.57. The second-order valence-corrected chi connectivity index (χ2v) is 4.80. The van der Waals surface area contributed by atoms with Gasteiger partial charge < -0.3 is 13.9 Å². The molecule has 7 nitrogen and oxygen atoms in total. The molecule has 0 spiro atoms. The summed E-state index contributed by atoms with van der Waals surface area (Å²) < 4.78 is 10.7. The molecular formula is C13H15N3O4. The molecule has 1 aliphatic rings. The van der Waals surface area contributed by atoms with Crippen LogP contribution in [0.2, 0.25) is 0 Å². The Labute approximate surface area is 115 Å². The van der Waals surface area contributed by atoms with E-state index >= 15 is 0 Å². The van der Waals surface area contributed by atoms with Gasteiger partial charge in [-0.1, -0.05) is 6.42 Å². The third-order valence-corrected chi connectivity index (χ3v) is 3.44. The van der Waals surface area contributed by atoms with Gasteiger partial charge in [0.2, 0.25) is 5.89 Å². The minimum absolute atomic E-state index is 0.314. The Bertz CT molecular complexity index is 578. The van der Waals surface area contributed by atoms with E-state index in [2.05, 4.69) is 10.2 Å². The van der Waals surface area contributed by atoms with Crippen molar-refractivity contribution in [2.75, 3.05) is 6.54 Å². The fourth-order valence-electron chi connectivity index (χ4n) is 2.45. The number of likely N-dealkylation sites (tertiary alicyclic amines) is 1. The Kier molecular flexibility index (Phi) is 3.51. The molecule has 1 fully saturated rings. The fraction of sp³-hybridized carbons (Fsp3) is 0.462. The number of carboxylic acids is 1. The van der Waals surface area contributed by atoms with Gasteiger partial charge in [-0.25, -0.2) is 0 Å². The van der Waals surface area contributed by atoms with Crippen LogP contribution >= 0.6 is 0 Å². The molecule has 7 heteroatoms. The second-order valence-electron chi connectivity index (χ2n) is 4.80. The molecule has 0 bridgehead atoms. The van der Waals surface area contributed by atoms with Crippen molar-refractivity contribution < 1.29 is 18.7 Å². The van der Waals surface area contributed by atoms with Gasteiger partial charge in [0.25, 0.3) is 5.89 Å². The predicted molar refractivity (Wildman–Crippen MR) is 67.7 cm³/mol. The lowest BCUT2D eigenvalue weighted by molar-refractivity contribution is -0.145. The molecule has 0 aromatic carbocycles. The van der Waals surface area contributed by atoms with Gasteiger partial charge in [0.1, 0.15) is 6.04 Å². The molecule has 1 saturated heterocycles. The quantitative estimate of drug-likeness (QED) is 0.910. The number of carbonyl (C=O) groups is 1. The number of rotatable bonds is 4. The predicted octanol–water partition coefficient (Wildman–Crippen LogP) is 1.77. The summed E-state index contributed by atoms with van der Waals surface area (Å²) in [6, 6.07) is 3.01. The zero-order valence-corrected chi connectivity index (χ0v) is 10.9. The fourth-order valence-corrected chi connectivity index (χ4v) is 2.45. The number of hydrogen-bond donors (Lipinski definition) is 1. The zero-order chi connectivity index (χ0) is 13.9. The van der Waals surface area contributed by atoms with Crippen LogP contribution in [0.25, 0.3) is 11.7 Å². The van der Waals surface area contributed by atoms with Crippen LogP contribution in [0.5, 0.6) is 0 Å². The van der Waals surface area contributed by atoms with E-state index in [1.165, 1.54) is 6.26 Å². The zero-order valence-electron chi connectivity index (χ0n) is 10.9. The van der Waals surface area contributed by atoms with Crippen LogP contribution in [0, 0.1) is 0 Å². The van der Waals surface area contributed by atoms with Crippen LogP contribution in [0.3, 0.4) is 0 Å². The molecule has 20 heavy (non-hydrogen) atoms. The van der Waals surface area contributed by atoms with E-state index in [1.54, 1.807) is 12.1 Å². The smallest absolute Gasteiger partial charge is 0.320 e. The number of carboxylic acid groups (broad SMARTS) is 1. The lowest BCUT2D eigenvalue weighted by Gasteiger charge is -2.31. The highest BCUT2D eigenvalue weighted by molar-refractivity contribution is 5.73. The average molecular weight is 277 g/mol. The average Bonchev–Trinajstić information content (AvgIpc) is 3.09. The molecule has 3 heterocycles. The summed E-state index contributed by atoms with van der Waals surface area (Å²) in [6.07, 6.45) is 4.12. The van der Waals surface area contributed by atoms with Gasteiger partial charge in [-0.2, -0.15) is 0 Å². The summed E-state index contributed by atoms with van der Waals surface area (Å²) in [6.45, 7) is 1.08. The minimum Gasteiger partial charge on any atom is -0.480 e. The number of nitrogens with zero attached hydrogens (tertiary/aromatic N) is 3. The summed E-state index contributed by atoms with van der Waals surface area (Å²) in [7, 11) is 0. The first-order valence-electron chi connectivity index (χ1n) is 6.57. The lowest BCUT2D eigenvalue weighted by atomic mass is 10.0. The van der Waals surface area contributed by atoms with Crippen molar-refractivity contribution in [3.05, 3.63) is 24.3 Å². The topological polar surface area (TPSA) is 92.6 Å². The summed E-state index contributed by atoms with van der Waals surface area (Å²) in [4.78, 5) is 13.1. The molecule has 2 aromatic heterocycles. The summed E-state index contributed by atoms with van der Waals surface area (Å²) >= 11 is 0. The Balaban J connectivity index is 1.72. The van der Waals surface area contributed by atoms with Crippen molar-refractivity contribution in [3.8, 4) is 11.7 Å². The van der Waals surface area contributed by atoms with E-state index in [0.717, 1.165) is 19.4 Å². The molecule has 0 amide bonds. The van der Waals surface area contributed by atoms with Crippen LogP contribution in [0.1, 0.15) is 25.2 Å². The van der Waals surface area contributed by atoms with Crippen LogP contribution < -0.4 is 0 Å². The maximum atomic E-state index is 11.2. The van der Waals surface area contributed by atoms with Crippen molar-refractivity contribution in [1.82, 2.24) is 15.1 Å². The minimum atomic E-state index is -0.796. The Morgan fingerprint density at radius 1 is 1.45 bits per heavy atom. The van der Waals surface area contributed by atoms with E-state index in [-0.39, 0.29) is 0 Å². The molecule has 0 radical (unpaired) electrons. The molecule has 0 saturated carbocycles. The van der Waals surface area contributed by atoms with E-state index in [1.807, 2.05) is 4.90 Å². The van der Waals surface area contributed by atoms with Gasteiger partial charge in [0.05, 0.1) is 12.8 Å². The normalized spacial score (nSPS) is 20.1. The van der Waals surface area contributed by atoms with Crippen LogP contribution in [0.4, 0.5) is 0 Å². The molecule has 1 atom stereocenters. The molecular weight excluding hydrogens is 262 g/mol. The number of aliphatic carboxylic acids is 1. The van der Waals surface area contributed by atoms with E-state index in [4.69, 9.17) is 8.83 Å². The van der Waals surface area contributed by atoms with Crippen molar-refractivity contribution in [2.24, 2.45) is 0 Å².